The molecule has 0 atom stereocenters. The lowest BCUT2D eigenvalue weighted by atomic mass is 10.1. The summed E-state index contributed by atoms with van der Waals surface area (Å²) in [7, 11) is 1.73. The molecule has 2 nitrogen and oxygen atoms in total. The van der Waals surface area contributed by atoms with Gasteiger partial charge in [-0.2, -0.15) is 0 Å². The van der Waals surface area contributed by atoms with Crippen molar-refractivity contribution in [3.8, 4) is 5.75 Å². The third kappa shape index (κ3) is 4.30. The minimum Gasteiger partial charge on any atom is -0.488 e. The molecule has 96 valence electrons. The maximum atomic E-state index is 13.6. The number of benzene rings is 1. The van der Waals surface area contributed by atoms with E-state index in [0.717, 1.165) is 6.42 Å². The fraction of sp³-hybridized carbons (Fsp3) is 0.538. The van der Waals surface area contributed by atoms with E-state index in [9.17, 15) is 8.78 Å². The Morgan fingerprint density at radius 2 is 1.82 bits per heavy atom. The number of hydrogen-bond acceptors (Lipinski definition) is 2. The second-order valence-corrected chi connectivity index (χ2v) is 4.45. The maximum absolute atomic E-state index is 13.6. The second-order valence-electron chi connectivity index (χ2n) is 4.45. The van der Waals surface area contributed by atoms with Crippen LogP contribution in [0.3, 0.4) is 0 Å². The molecular weight excluding hydrogens is 224 g/mol. The van der Waals surface area contributed by atoms with E-state index in [2.05, 4.69) is 5.32 Å². The second kappa shape index (κ2) is 6.55. The number of halogens is 2. The van der Waals surface area contributed by atoms with Crippen molar-refractivity contribution in [1.82, 2.24) is 5.32 Å². The van der Waals surface area contributed by atoms with Gasteiger partial charge in [-0.3, -0.25) is 0 Å². The Balaban J connectivity index is 2.72. The van der Waals surface area contributed by atoms with Crippen molar-refractivity contribution in [1.29, 1.82) is 0 Å². The van der Waals surface area contributed by atoms with E-state index in [-0.39, 0.29) is 5.75 Å². The first-order chi connectivity index (χ1) is 8.04. The van der Waals surface area contributed by atoms with Crippen LogP contribution in [0.5, 0.6) is 5.75 Å². The summed E-state index contributed by atoms with van der Waals surface area (Å²) >= 11 is 0. The summed E-state index contributed by atoms with van der Waals surface area (Å²) in [5.41, 5.74) is 0.568. The summed E-state index contributed by atoms with van der Waals surface area (Å²) in [5.74, 6) is -1.10. The van der Waals surface area contributed by atoms with Crippen LogP contribution in [0.4, 0.5) is 8.78 Å². The van der Waals surface area contributed by atoms with Crippen LogP contribution in [0.25, 0.3) is 0 Å². The molecule has 17 heavy (non-hydrogen) atoms. The van der Waals surface area contributed by atoms with E-state index < -0.39 is 11.6 Å². The van der Waals surface area contributed by atoms with Crippen LogP contribution in [-0.4, -0.2) is 13.7 Å². The Labute approximate surface area is 101 Å². The monoisotopic (exact) mass is 243 g/mol. The highest BCUT2D eigenvalue weighted by atomic mass is 19.1. The molecular formula is C13H19F2NO. The molecule has 0 spiro atoms. The van der Waals surface area contributed by atoms with Gasteiger partial charge in [-0.1, -0.05) is 13.8 Å². The number of nitrogens with one attached hydrogen (secondary N) is 1. The molecule has 0 aliphatic carbocycles. The molecule has 0 fully saturated rings. The average Bonchev–Trinajstić information content (AvgIpc) is 2.22. The molecule has 0 aliphatic heterocycles. The van der Waals surface area contributed by atoms with Gasteiger partial charge in [0.15, 0.2) is 17.4 Å². The smallest absolute Gasteiger partial charge is 0.190 e. The van der Waals surface area contributed by atoms with Crippen LogP contribution in [-0.2, 0) is 6.54 Å². The van der Waals surface area contributed by atoms with E-state index in [1.165, 1.54) is 12.1 Å². The van der Waals surface area contributed by atoms with Crippen molar-refractivity contribution in [2.45, 2.75) is 26.8 Å². The molecule has 0 radical (unpaired) electrons. The van der Waals surface area contributed by atoms with Gasteiger partial charge in [0.25, 0.3) is 0 Å². The third-order valence-corrected chi connectivity index (χ3v) is 2.38. The normalized spacial score (nSPS) is 10.9. The Kier molecular flexibility index (Phi) is 5.35. The van der Waals surface area contributed by atoms with Gasteiger partial charge < -0.3 is 10.1 Å². The lowest BCUT2D eigenvalue weighted by molar-refractivity contribution is 0.263. The molecule has 1 aromatic carbocycles. The van der Waals surface area contributed by atoms with Gasteiger partial charge in [0.2, 0.25) is 0 Å². The first kappa shape index (κ1) is 13.9. The molecule has 4 heteroatoms. The third-order valence-electron chi connectivity index (χ3n) is 2.38. The molecule has 0 aromatic heterocycles. The minimum absolute atomic E-state index is 0.273. The van der Waals surface area contributed by atoms with Crippen LogP contribution in [0.1, 0.15) is 25.8 Å². The highest BCUT2D eigenvalue weighted by Gasteiger charge is 2.12. The van der Waals surface area contributed by atoms with E-state index in [1.54, 1.807) is 7.05 Å². The van der Waals surface area contributed by atoms with Crippen LogP contribution >= 0.6 is 0 Å². The fourth-order valence-electron chi connectivity index (χ4n) is 1.45. The average molecular weight is 243 g/mol. The van der Waals surface area contributed by atoms with Crippen molar-refractivity contribution in [2.24, 2.45) is 5.92 Å². The first-order valence-corrected chi connectivity index (χ1v) is 5.80. The number of rotatable bonds is 6. The van der Waals surface area contributed by atoms with Gasteiger partial charge in [0.05, 0.1) is 6.61 Å². The summed E-state index contributed by atoms with van der Waals surface area (Å²) < 4.78 is 32.3. The maximum Gasteiger partial charge on any atom is 0.190 e. The molecule has 1 aromatic rings. The van der Waals surface area contributed by atoms with Gasteiger partial charge in [-0.05, 0) is 37.1 Å². The summed E-state index contributed by atoms with van der Waals surface area (Å²) in [5, 5.41) is 2.84. The van der Waals surface area contributed by atoms with E-state index >= 15 is 0 Å². The molecule has 0 unspecified atom stereocenters. The Hall–Kier alpha value is -1.16. The predicted octanol–water partition coefficient (Wildman–Crippen LogP) is 3.11. The van der Waals surface area contributed by atoms with Crippen molar-refractivity contribution < 1.29 is 13.5 Å². The zero-order valence-electron chi connectivity index (χ0n) is 10.5. The van der Waals surface area contributed by atoms with Gasteiger partial charge >= 0.3 is 0 Å². The molecule has 1 N–H and O–H groups in total. The molecule has 0 amide bonds. The standard InChI is InChI=1S/C13H19F2NO/c1-9(2)4-5-17-13-11(14)6-10(8-16-3)7-12(13)15/h6-7,9,16H,4-5,8H2,1-3H3. The fourth-order valence-corrected chi connectivity index (χ4v) is 1.45. The van der Waals surface area contributed by atoms with Crippen LogP contribution in [0, 0.1) is 17.6 Å². The highest BCUT2D eigenvalue weighted by Crippen LogP contribution is 2.23. The molecule has 0 bridgehead atoms. The largest absolute Gasteiger partial charge is 0.488 e. The van der Waals surface area contributed by atoms with Crippen LogP contribution in [0.15, 0.2) is 12.1 Å². The minimum atomic E-state index is -0.640. The van der Waals surface area contributed by atoms with Gasteiger partial charge in [0, 0.05) is 6.54 Å². The summed E-state index contributed by atoms with van der Waals surface area (Å²) in [6.07, 6.45) is 0.775. The zero-order valence-corrected chi connectivity index (χ0v) is 10.5. The van der Waals surface area contributed by atoms with Crippen LogP contribution < -0.4 is 10.1 Å². The Morgan fingerprint density at radius 1 is 1.24 bits per heavy atom. The lowest BCUT2D eigenvalue weighted by Crippen LogP contribution is -2.08. The van der Waals surface area contributed by atoms with Crippen molar-refractivity contribution >= 4 is 0 Å². The highest BCUT2D eigenvalue weighted by molar-refractivity contribution is 5.31. The van der Waals surface area contributed by atoms with E-state index in [1.807, 2.05) is 13.8 Å². The van der Waals surface area contributed by atoms with Crippen molar-refractivity contribution in [2.75, 3.05) is 13.7 Å². The Morgan fingerprint density at radius 3 is 2.29 bits per heavy atom. The SMILES string of the molecule is CNCc1cc(F)c(OCCC(C)C)c(F)c1. The summed E-state index contributed by atoms with van der Waals surface area (Å²) in [4.78, 5) is 0. The predicted molar refractivity (Wildman–Crippen MR) is 64.1 cm³/mol. The lowest BCUT2D eigenvalue weighted by Gasteiger charge is -2.11. The van der Waals surface area contributed by atoms with Gasteiger partial charge in [-0.25, -0.2) is 8.78 Å². The molecule has 0 saturated heterocycles. The molecule has 0 saturated carbocycles. The number of hydrogen-bond donors (Lipinski definition) is 1. The quantitative estimate of drug-likeness (QED) is 0.829. The summed E-state index contributed by atoms with van der Waals surface area (Å²) in [6, 6.07) is 2.59. The van der Waals surface area contributed by atoms with Crippen LogP contribution in [0.2, 0.25) is 0 Å². The number of ether oxygens (including phenoxy) is 1. The molecule has 0 aliphatic rings. The van der Waals surface area contributed by atoms with Crippen molar-refractivity contribution in [3.05, 3.63) is 29.3 Å². The molecule has 0 heterocycles. The topological polar surface area (TPSA) is 21.3 Å². The summed E-state index contributed by atoms with van der Waals surface area (Å²) in [6.45, 7) is 4.83. The van der Waals surface area contributed by atoms with Crippen molar-refractivity contribution in [3.63, 3.8) is 0 Å². The van der Waals surface area contributed by atoms with E-state index in [4.69, 9.17) is 4.74 Å². The van der Waals surface area contributed by atoms with Gasteiger partial charge in [-0.15, -0.1) is 0 Å². The molecule has 1 rings (SSSR count). The zero-order chi connectivity index (χ0) is 12.8. The first-order valence-electron chi connectivity index (χ1n) is 5.80. The van der Waals surface area contributed by atoms with E-state index in [0.29, 0.717) is 24.6 Å². The Bertz CT molecular complexity index is 343. The van der Waals surface area contributed by atoms with Gasteiger partial charge in [0.1, 0.15) is 0 Å².